The molecular weight excluding hydrogens is 425 g/mol. The molecule has 0 radical (unpaired) electrons. The molecule has 0 amide bonds. The molecule has 3 aromatic rings. The molecule has 0 aliphatic carbocycles. The molecule has 10 heteroatoms. The Morgan fingerprint density at radius 2 is 2.10 bits per heavy atom. The smallest absolute Gasteiger partial charge is 0.349 e. The minimum absolute atomic E-state index is 0.130. The highest BCUT2D eigenvalue weighted by atomic mass is 32.1. The highest BCUT2D eigenvalue weighted by Crippen LogP contribution is 2.36. The fourth-order valence-electron chi connectivity index (χ4n) is 3.14. The first-order valence-electron chi connectivity index (χ1n) is 9.69. The van der Waals surface area contributed by atoms with Gasteiger partial charge in [0.15, 0.2) is 22.2 Å². The minimum Gasteiger partial charge on any atom is -0.492 e. The van der Waals surface area contributed by atoms with Crippen molar-refractivity contribution in [2.24, 2.45) is 0 Å². The summed E-state index contributed by atoms with van der Waals surface area (Å²) >= 11 is 1.09. The van der Waals surface area contributed by atoms with Crippen LogP contribution in [0.3, 0.4) is 0 Å². The molecule has 1 aromatic carbocycles. The number of hydrogen-bond acceptors (Lipinski definition) is 8. The minimum atomic E-state index is -1.04. The Morgan fingerprint density at radius 3 is 2.90 bits per heavy atom. The van der Waals surface area contributed by atoms with Gasteiger partial charge in [0.2, 0.25) is 0 Å². The average Bonchev–Trinajstić information content (AvgIpc) is 3.19. The second-order valence-electron chi connectivity index (χ2n) is 6.61. The number of fused-ring (bicyclic) bond motifs is 1. The summed E-state index contributed by atoms with van der Waals surface area (Å²) in [7, 11) is 0. The first-order valence-corrected chi connectivity index (χ1v) is 10.5. The monoisotopic (exact) mass is 445 g/mol. The number of thiophene rings is 1. The van der Waals surface area contributed by atoms with Crippen molar-refractivity contribution in [2.45, 2.75) is 13.3 Å². The predicted octanol–water partition coefficient (Wildman–Crippen LogP) is 3.87. The first-order chi connectivity index (χ1) is 15.0. The van der Waals surface area contributed by atoms with Gasteiger partial charge in [-0.1, -0.05) is 0 Å². The number of aromatic nitrogens is 2. The summed E-state index contributed by atoms with van der Waals surface area (Å²) in [6.45, 7) is 3.40. The Morgan fingerprint density at radius 1 is 1.26 bits per heavy atom. The van der Waals surface area contributed by atoms with Crippen LogP contribution < -0.4 is 19.5 Å². The summed E-state index contributed by atoms with van der Waals surface area (Å²) < 4.78 is 30.4. The number of carboxylic acid groups (broad SMARTS) is 1. The van der Waals surface area contributed by atoms with E-state index in [0.29, 0.717) is 60.7 Å². The third-order valence-electron chi connectivity index (χ3n) is 4.49. The van der Waals surface area contributed by atoms with Crippen LogP contribution >= 0.6 is 11.3 Å². The molecule has 162 valence electrons. The molecule has 0 saturated heterocycles. The topological polar surface area (TPSA) is 103 Å². The molecule has 0 fully saturated rings. The van der Waals surface area contributed by atoms with Crippen LogP contribution in [0.15, 0.2) is 30.6 Å². The normalized spacial score (nSPS) is 12.5. The zero-order valence-corrected chi connectivity index (χ0v) is 17.5. The van der Waals surface area contributed by atoms with Gasteiger partial charge in [-0.05, 0) is 31.0 Å². The zero-order chi connectivity index (χ0) is 21.8. The Labute approximate surface area is 181 Å². The Bertz CT molecular complexity index is 1100. The number of nitrogens with one attached hydrogen (secondary N) is 1. The lowest BCUT2D eigenvalue weighted by Gasteiger charge is -2.19. The average molecular weight is 445 g/mol. The number of benzene rings is 1. The van der Waals surface area contributed by atoms with Crippen LogP contribution in [0.1, 0.15) is 22.2 Å². The standard InChI is InChI=1S/C21H20FN3O5S/c1-2-28-16-10-17(31-20(16)21(26)27)14-9-18(25-11-24-14)23-4-3-12-7-13(22)19-15(8-12)29-5-6-30-19/h7-11H,2-6H2,1H3,(H,26,27)(H,23,24,25). The number of carbonyl (C=O) groups is 1. The van der Waals surface area contributed by atoms with E-state index < -0.39 is 11.8 Å². The van der Waals surface area contributed by atoms with E-state index in [2.05, 4.69) is 15.3 Å². The SMILES string of the molecule is CCOc1cc(-c2cc(NCCc3cc(F)c4c(c3)OCCO4)ncn2)sc1C(=O)O. The summed E-state index contributed by atoms with van der Waals surface area (Å²) in [6, 6.07) is 6.62. The number of halogens is 1. The maximum Gasteiger partial charge on any atom is 0.349 e. The van der Waals surface area contributed by atoms with Gasteiger partial charge >= 0.3 is 5.97 Å². The van der Waals surface area contributed by atoms with Crippen molar-refractivity contribution in [3.05, 3.63) is 46.9 Å². The van der Waals surface area contributed by atoms with Crippen LogP contribution in [0.2, 0.25) is 0 Å². The van der Waals surface area contributed by atoms with Crippen molar-refractivity contribution in [1.82, 2.24) is 9.97 Å². The number of anilines is 1. The van der Waals surface area contributed by atoms with E-state index in [9.17, 15) is 14.3 Å². The lowest BCUT2D eigenvalue weighted by molar-refractivity contribution is 0.0698. The third kappa shape index (κ3) is 4.69. The molecule has 3 heterocycles. The van der Waals surface area contributed by atoms with E-state index >= 15 is 0 Å². The molecule has 0 saturated carbocycles. The molecule has 2 aromatic heterocycles. The molecule has 31 heavy (non-hydrogen) atoms. The molecule has 0 atom stereocenters. The fourth-order valence-corrected chi connectivity index (χ4v) is 4.05. The number of aromatic carboxylic acids is 1. The van der Waals surface area contributed by atoms with Crippen LogP contribution in [0.5, 0.6) is 17.2 Å². The maximum absolute atomic E-state index is 14.2. The summed E-state index contributed by atoms with van der Waals surface area (Å²) in [5.41, 5.74) is 1.36. The van der Waals surface area contributed by atoms with Gasteiger partial charge in [-0.25, -0.2) is 19.2 Å². The van der Waals surface area contributed by atoms with E-state index in [1.54, 1.807) is 25.1 Å². The summed E-state index contributed by atoms with van der Waals surface area (Å²) in [5, 5.41) is 12.6. The third-order valence-corrected chi connectivity index (χ3v) is 5.61. The molecular formula is C21H20FN3O5S. The van der Waals surface area contributed by atoms with Crippen LogP contribution in [-0.4, -0.2) is 47.4 Å². The summed E-state index contributed by atoms with van der Waals surface area (Å²) in [6.07, 6.45) is 1.95. The van der Waals surface area contributed by atoms with Gasteiger partial charge in [-0.2, -0.15) is 0 Å². The molecule has 8 nitrogen and oxygen atoms in total. The summed E-state index contributed by atoms with van der Waals surface area (Å²) in [4.78, 5) is 20.7. The highest BCUT2D eigenvalue weighted by molar-refractivity contribution is 7.17. The number of carboxylic acids is 1. The summed E-state index contributed by atoms with van der Waals surface area (Å²) in [5.74, 6) is -0.00330. The number of ether oxygens (including phenoxy) is 3. The largest absolute Gasteiger partial charge is 0.492 e. The molecule has 0 bridgehead atoms. The van der Waals surface area contributed by atoms with Crippen LogP contribution in [0, 0.1) is 5.82 Å². The first kappa shape index (κ1) is 20.9. The quantitative estimate of drug-likeness (QED) is 0.539. The number of nitrogens with zero attached hydrogens (tertiary/aromatic N) is 2. The van der Waals surface area contributed by atoms with Gasteiger partial charge in [0.25, 0.3) is 0 Å². The lowest BCUT2D eigenvalue weighted by atomic mass is 10.1. The molecule has 1 aliphatic heterocycles. The van der Waals surface area contributed by atoms with Crippen molar-refractivity contribution in [2.75, 3.05) is 31.7 Å². The van der Waals surface area contributed by atoms with E-state index in [4.69, 9.17) is 14.2 Å². The second kappa shape index (κ2) is 9.17. The van der Waals surface area contributed by atoms with Crippen molar-refractivity contribution < 1.29 is 28.5 Å². The van der Waals surface area contributed by atoms with Crippen LogP contribution in [-0.2, 0) is 6.42 Å². The predicted molar refractivity (Wildman–Crippen MR) is 113 cm³/mol. The molecule has 0 spiro atoms. The Balaban J connectivity index is 1.44. The van der Waals surface area contributed by atoms with Gasteiger partial charge in [0.05, 0.1) is 17.2 Å². The van der Waals surface area contributed by atoms with Gasteiger partial charge in [0, 0.05) is 18.7 Å². The highest BCUT2D eigenvalue weighted by Gasteiger charge is 2.19. The Kier molecular flexibility index (Phi) is 6.17. The fraction of sp³-hybridized carbons (Fsp3) is 0.286. The van der Waals surface area contributed by atoms with Crippen molar-refractivity contribution in [3.63, 3.8) is 0 Å². The van der Waals surface area contributed by atoms with Gasteiger partial charge < -0.3 is 24.6 Å². The van der Waals surface area contributed by atoms with E-state index in [0.717, 1.165) is 16.9 Å². The van der Waals surface area contributed by atoms with Crippen molar-refractivity contribution in [1.29, 1.82) is 0 Å². The van der Waals surface area contributed by atoms with Crippen molar-refractivity contribution in [3.8, 4) is 27.8 Å². The molecule has 1 aliphatic rings. The second-order valence-corrected chi connectivity index (χ2v) is 7.66. The lowest BCUT2D eigenvalue weighted by Crippen LogP contribution is -2.17. The molecule has 0 unspecified atom stereocenters. The number of hydrogen-bond donors (Lipinski definition) is 2. The maximum atomic E-state index is 14.2. The van der Waals surface area contributed by atoms with Crippen LogP contribution in [0.4, 0.5) is 10.2 Å². The zero-order valence-electron chi connectivity index (χ0n) is 16.7. The van der Waals surface area contributed by atoms with Gasteiger partial charge in [-0.15, -0.1) is 11.3 Å². The number of rotatable bonds is 8. The van der Waals surface area contributed by atoms with Gasteiger partial charge in [-0.3, -0.25) is 0 Å². The van der Waals surface area contributed by atoms with E-state index in [1.165, 1.54) is 12.4 Å². The van der Waals surface area contributed by atoms with E-state index in [-0.39, 0.29) is 10.6 Å². The van der Waals surface area contributed by atoms with Crippen LogP contribution in [0.25, 0.3) is 10.6 Å². The van der Waals surface area contributed by atoms with Crippen molar-refractivity contribution >= 4 is 23.1 Å². The molecule has 4 rings (SSSR count). The molecule has 2 N–H and O–H groups in total. The van der Waals surface area contributed by atoms with E-state index in [1.807, 2.05) is 0 Å². The van der Waals surface area contributed by atoms with Gasteiger partial charge in [0.1, 0.15) is 31.1 Å². The Hall–Kier alpha value is -3.40.